The molecule has 1 unspecified atom stereocenters. The minimum Gasteiger partial charge on any atom is -0.331 e. The van der Waals surface area contributed by atoms with Crippen LogP contribution in [0.4, 0.5) is 0 Å². The van der Waals surface area contributed by atoms with Gasteiger partial charge in [0, 0.05) is 12.5 Å². The Balaban J connectivity index is 3.89. The third-order valence-electron chi connectivity index (χ3n) is 2.30. The first-order chi connectivity index (χ1) is 5.87. The summed E-state index contributed by atoms with van der Waals surface area (Å²) >= 11 is 0. The van der Waals surface area contributed by atoms with E-state index < -0.39 is 0 Å². The highest BCUT2D eigenvalue weighted by molar-refractivity contribution is 4.77. The van der Waals surface area contributed by atoms with Crippen LogP contribution in [0.2, 0.25) is 0 Å². The number of nitrogens with zero attached hydrogens (tertiary/aromatic N) is 2. The van der Waals surface area contributed by atoms with Crippen LogP contribution in [0.15, 0.2) is 12.7 Å². The lowest BCUT2D eigenvalue weighted by Gasteiger charge is -2.29. The van der Waals surface area contributed by atoms with Gasteiger partial charge in [-0.2, -0.15) is 0 Å². The summed E-state index contributed by atoms with van der Waals surface area (Å²) in [5.74, 6) is 0. The molecule has 78 valence electrons. The molecule has 0 aliphatic heterocycles. The van der Waals surface area contributed by atoms with E-state index in [1.807, 2.05) is 6.08 Å². The molecule has 0 aliphatic carbocycles. The lowest BCUT2D eigenvalue weighted by molar-refractivity contribution is -0.870. The molecule has 13 heavy (non-hydrogen) atoms. The van der Waals surface area contributed by atoms with Crippen molar-refractivity contribution in [3.8, 4) is 0 Å². The van der Waals surface area contributed by atoms with Gasteiger partial charge >= 0.3 is 0 Å². The molecule has 0 aromatic carbocycles. The number of hydrogen-bond acceptors (Lipinski definition) is 1. The molecule has 0 bridgehead atoms. The number of quaternary nitrogens is 1. The molecule has 0 radical (unpaired) electrons. The lowest BCUT2D eigenvalue weighted by Crippen LogP contribution is -2.39. The molecular weight excluding hydrogens is 160 g/mol. The van der Waals surface area contributed by atoms with Crippen molar-refractivity contribution in [2.45, 2.75) is 18.9 Å². The summed E-state index contributed by atoms with van der Waals surface area (Å²) < 4.78 is 1.04. The highest BCUT2D eigenvalue weighted by Crippen LogP contribution is 2.07. The Kier molecular flexibility index (Phi) is 5.26. The summed E-state index contributed by atoms with van der Waals surface area (Å²) in [6, 6.07) is 0.648. The van der Waals surface area contributed by atoms with Gasteiger partial charge in [-0.1, -0.05) is 6.08 Å². The highest BCUT2D eigenvalue weighted by atomic mass is 15.3. The molecule has 2 heteroatoms. The van der Waals surface area contributed by atoms with Gasteiger partial charge in [0.1, 0.15) is 0 Å². The Morgan fingerprint density at radius 3 is 2.15 bits per heavy atom. The zero-order chi connectivity index (χ0) is 10.5. The molecule has 0 spiro atoms. The summed E-state index contributed by atoms with van der Waals surface area (Å²) in [4.78, 5) is 2.29. The normalized spacial score (nSPS) is 14.6. The van der Waals surface area contributed by atoms with Gasteiger partial charge in [-0.3, -0.25) is 0 Å². The average molecular weight is 185 g/mol. The quantitative estimate of drug-likeness (QED) is 0.449. The third-order valence-corrected chi connectivity index (χ3v) is 2.30. The van der Waals surface area contributed by atoms with Crippen LogP contribution < -0.4 is 0 Å². The van der Waals surface area contributed by atoms with Gasteiger partial charge in [-0.15, -0.1) is 6.58 Å². The number of hydrogen-bond donors (Lipinski definition) is 0. The Hall–Kier alpha value is -0.340. The van der Waals surface area contributed by atoms with Gasteiger partial charge in [-0.05, 0) is 20.5 Å². The minimum atomic E-state index is 0.648. The standard InChI is InChI=1S/C11H25N2/c1-7-8-11(12(2)3)9-10-13(4,5)6/h7,11H,1,8-10H2,2-6H3/q+1. The second kappa shape index (κ2) is 5.40. The molecule has 0 aromatic rings. The van der Waals surface area contributed by atoms with Crippen molar-refractivity contribution in [2.24, 2.45) is 0 Å². The molecule has 0 aliphatic rings. The van der Waals surface area contributed by atoms with Gasteiger partial charge < -0.3 is 9.38 Å². The van der Waals surface area contributed by atoms with Crippen LogP contribution in [-0.4, -0.2) is 57.2 Å². The predicted molar refractivity (Wildman–Crippen MR) is 59.8 cm³/mol. The van der Waals surface area contributed by atoms with E-state index in [1.54, 1.807) is 0 Å². The van der Waals surface area contributed by atoms with Gasteiger partial charge in [-0.25, -0.2) is 0 Å². The molecule has 0 heterocycles. The second-order valence-electron chi connectivity index (χ2n) is 4.94. The summed E-state index contributed by atoms with van der Waals surface area (Å²) in [5.41, 5.74) is 0. The Labute approximate surface area is 83.4 Å². The summed E-state index contributed by atoms with van der Waals surface area (Å²) in [7, 11) is 11.0. The van der Waals surface area contributed by atoms with Crippen LogP contribution in [0.3, 0.4) is 0 Å². The van der Waals surface area contributed by atoms with Gasteiger partial charge in [0.25, 0.3) is 0 Å². The van der Waals surface area contributed by atoms with Crippen LogP contribution in [0.5, 0.6) is 0 Å². The molecular formula is C11H25N2+. The molecule has 0 amide bonds. The molecule has 0 aromatic heterocycles. The predicted octanol–water partition coefficient (Wildman–Crippen LogP) is 1.59. The van der Waals surface area contributed by atoms with E-state index in [4.69, 9.17) is 0 Å². The zero-order valence-electron chi connectivity index (χ0n) is 9.88. The van der Waals surface area contributed by atoms with E-state index in [9.17, 15) is 0 Å². The van der Waals surface area contributed by atoms with Crippen molar-refractivity contribution < 1.29 is 4.48 Å². The second-order valence-corrected chi connectivity index (χ2v) is 4.94. The first-order valence-corrected chi connectivity index (χ1v) is 4.94. The smallest absolute Gasteiger partial charge is 0.0795 e. The summed E-state index contributed by atoms with van der Waals surface area (Å²) in [5, 5.41) is 0. The maximum absolute atomic E-state index is 3.80. The van der Waals surface area contributed by atoms with E-state index in [1.165, 1.54) is 13.0 Å². The van der Waals surface area contributed by atoms with Gasteiger partial charge in [0.2, 0.25) is 0 Å². The summed E-state index contributed by atoms with van der Waals surface area (Å²) in [6.07, 6.45) is 4.34. The van der Waals surface area contributed by atoms with Crippen LogP contribution >= 0.6 is 0 Å². The first-order valence-electron chi connectivity index (χ1n) is 4.94. The van der Waals surface area contributed by atoms with Crippen molar-refractivity contribution in [1.82, 2.24) is 4.90 Å². The molecule has 0 N–H and O–H groups in total. The third kappa shape index (κ3) is 6.79. The summed E-state index contributed by atoms with van der Waals surface area (Å²) in [6.45, 7) is 5.01. The minimum absolute atomic E-state index is 0.648. The maximum atomic E-state index is 3.80. The van der Waals surface area contributed by atoms with E-state index in [-0.39, 0.29) is 0 Å². The SMILES string of the molecule is C=CCC(CC[N+](C)(C)C)N(C)C. The molecule has 0 fully saturated rings. The monoisotopic (exact) mass is 185 g/mol. The van der Waals surface area contributed by atoms with Crippen molar-refractivity contribution in [3.05, 3.63) is 12.7 Å². The van der Waals surface area contributed by atoms with Crippen molar-refractivity contribution in [2.75, 3.05) is 41.8 Å². The fourth-order valence-corrected chi connectivity index (χ4v) is 1.32. The van der Waals surface area contributed by atoms with Crippen molar-refractivity contribution >= 4 is 0 Å². The highest BCUT2D eigenvalue weighted by Gasteiger charge is 2.14. The van der Waals surface area contributed by atoms with Crippen molar-refractivity contribution in [3.63, 3.8) is 0 Å². The topological polar surface area (TPSA) is 3.24 Å². The molecule has 0 rings (SSSR count). The molecule has 1 atom stereocenters. The molecule has 2 nitrogen and oxygen atoms in total. The van der Waals surface area contributed by atoms with E-state index in [0.29, 0.717) is 6.04 Å². The van der Waals surface area contributed by atoms with Crippen LogP contribution in [0.25, 0.3) is 0 Å². The van der Waals surface area contributed by atoms with Crippen LogP contribution in [0.1, 0.15) is 12.8 Å². The zero-order valence-corrected chi connectivity index (χ0v) is 9.88. The Morgan fingerprint density at radius 2 is 1.85 bits per heavy atom. The van der Waals surface area contributed by atoms with Crippen LogP contribution in [-0.2, 0) is 0 Å². The largest absolute Gasteiger partial charge is 0.331 e. The van der Waals surface area contributed by atoms with Crippen molar-refractivity contribution in [1.29, 1.82) is 0 Å². The van der Waals surface area contributed by atoms with E-state index in [2.05, 4.69) is 46.7 Å². The Bertz CT molecular complexity index is 145. The fourth-order valence-electron chi connectivity index (χ4n) is 1.32. The molecule has 0 saturated heterocycles. The maximum Gasteiger partial charge on any atom is 0.0795 e. The average Bonchev–Trinajstić information content (AvgIpc) is 1.95. The van der Waals surface area contributed by atoms with Gasteiger partial charge in [0.05, 0.1) is 27.7 Å². The van der Waals surface area contributed by atoms with E-state index >= 15 is 0 Å². The van der Waals surface area contributed by atoms with Gasteiger partial charge in [0.15, 0.2) is 0 Å². The fraction of sp³-hybridized carbons (Fsp3) is 0.818. The van der Waals surface area contributed by atoms with E-state index in [0.717, 1.165) is 10.9 Å². The Morgan fingerprint density at radius 1 is 1.31 bits per heavy atom. The van der Waals surface area contributed by atoms with Crippen LogP contribution in [0, 0.1) is 0 Å². The number of rotatable bonds is 6. The lowest BCUT2D eigenvalue weighted by atomic mass is 10.1. The first kappa shape index (κ1) is 12.7. The molecule has 0 saturated carbocycles.